The van der Waals surface area contributed by atoms with E-state index in [9.17, 15) is 9.59 Å². The molecule has 6 nitrogen and oxygen atoms in total. The fourth-order valence-corrected chi connectivity index (χ4v) is 4.17. The van der Waals surface area contributed by atoms with Gasteiger partial charge in [0.2, 0.25) is 5.91 Å². The second-order valence-corrected chi connectivity index (χ2v) is 9.75. The maximum absolute atomic E-state index is 13.4. The minimum Gasteiger partial charge on any atom is -0.347 e. The summed E-state index contributed by atoms with van der Waals surface area (Å²) in [5, 5.41) is 3.00. The van der Waals surface area contributed by atoms with E-state index in [0.717, 1.165) is 42.8 Å². The van der Waals surface area contributed by atoms with Crippen molar-refractivity contribution in [3.63, 3.8) is 0 Å². The molecule has 2 atom stereocenters. The smallest absolute Gasteiger partial charge is 0.270 e. The number of carbonyl (C=O) groups excluding carboxylic acids is 2. The maximum Gasteiger partial charge on any atom is 0.270 e. The molecular weight excluding hydrogens is 376 g/mol. The number of hydrogen-bond acceptors (Lipinski definition) is 4. The highest BCUT2D eigenvalue weighted by molar-refractivity contribution is 6.08. The summed E-state index contributed by atoms with van der Waals surface area (Å²) in [6.45, 7) is 7.59. The lowest BCUT2D eigenvalue weighted by atomic mass is 9.84. The van der Waals surface area contributed by atoms with Gasteiger partial charge in [-0.1, -0.05) is 51.1 Å². The lowest BCUT2D eigenvalue weighted by Crippen LogP contribution is -2.53. The highest BCUT2D eigenvalue weighted by Crippen LogP contribution is 2.33. The topological polar surface area (TPSA) is 65.0 Å². The van der Waals surface area contributed by atoms with Crippen LogP contribution in [0.15, 0.2) is 46.6 Å². The highest BCUT2D eigenvalue weighted by atomic mass is 16.2. The third kappa shape index (κ3) is 4.81. The van der Waals surface area contributed by atoms with Crippen molar-refractivity contribution in [1.29, 1.82) is 0 Å². The SMILES string of the molecule is CN1CCC2CC(=C(C(=O)NC(C(=O)N(C)C)C(C)(C)C)N=C2c2ccccc2)C1. The molecule has 0 aromatic heterocycles. The van der Waals surface area contributed by atoms with Crippen molar-refractivity contribution in [1.82, 2.24) is 15.1 Å². The first kappa shape index (κ1) is 22.2. The predicted octanol–water partition coefficient (Wildman–Crippen LogP) is 2.70. The van der Waals surface area contributed by atoms with E-state index in [4.69, 9.17) is 4.99 Å². The van der Waals surface area contributed by atoms with Crippen LogP contribution in [0.25, 0.3) is 0 Å². The quantitative estimate of drug-likeness (QED) is 0.830. The number of carbonyl (C=O) groups is 2. The Balaban J connectivity index is 1.99. The first-order valence-corrected chi connectivity index (χ1v) is 10.6. The van der Waals surface area contributed by atoms with E-state index in [0.29, 0.717) is 11.6 Å². The lowest BCUT2D eigenvalue weighted by molar-refractivity contribution is -0.136. The second kappa shape index (κ2) is 8.72. The molecule has 3 rings (SSSR count). The van der Waals surface area contributed by atoms with Gasteiger partial charge in [0.05, 0.1) is 5.71 Å². The molecule has 1 saturated heterocycles. The van der Waals surface area contributed by atoms with Crippen molar-refractivity contribution >= 4 is 17.5 Å². The Hall–Kier alpha value is -2.47. The van der Waals surface area contributed by atoms with E-state index >= 15 is 0 Å². The Morgan fingerprint density at radius 2 is 1.87 bits per heavy atom. The Labute approximate surface area is 180 Å². The Morgan fingerprint density at radius 3 is 2.47 bits per heavy atom. The first-order valence-electron chi connectivity index (χ1n) is 10.6. The molecule has 2 amide bonds. The van der Waals surface area contributed by atoms with Crippen LogP contribution in [0.3, 0.4) is 0 Å². The van der Waals surface area contributed by atoms with Gasteiger partial charge >= 0.3 is 0 Å². The molecule has 1 fully saturated rings. The van der Waals surface area contributed by atoms with Gasteiger partial charge in [-0.15, -0.1) is 0 Å². The number of rotatable bonds is 4. The van der Waals surface area contributed by atoms with Crippen molar-refractivity contribution in [2.75, 3.05) is 34.2 Å². The van der Waals surface area contributed by atoms with Gasteiger partial charge in [0.15, 0.2) is 0 Å². The Morgan fingerprint density at radius 1 is 1.20 bits per heavy atom. The zero-order valence-corrected chi connectivity index (χ0v) is 19.0. The number of fused-ring (bicyclic) bond motifs is 2. The Kier molecular flexibility index (Phi) is 6.46. The van der Waals surface area contributed by atoms with Gasteiger partial charge in [-0.3, -0.25) is 9.59 Å². The van der Waals surface area contributed by atoms with Gasteiger partial charge in [-0.2, -0.15) is 0 Å². The Bertz CT molecular complexity index is 865. The maximum atomic E-state index is 13.4. The number of nitrogens with one attached hydrogen (secondary N) is 1. The number of benzene rings is 1. The molecule has 1 N–H and O–H groups in total. The standard InChI is InChI=1S/C24H34N4O2/c1-24(2,3)21(23(30)27(4)5)26-22(29)20-18-14-17(12-13-28(6)15-18)19(25-20)16-10-8-7-9-11-16/h7-11,17,21H,12-15H2,1-6H3,(H,26,29). The van der Waals surface area contributed by atoms with E-state index in [1.54, 1.807) is 14.1 Å². The van der Waals surface area contributed by atoms with Crippen LogP contribution in [0.2, 0.25) is 0 Å². The number of likely N-dealkylation sites (N-methyl/N-ethyl adjacent to an activating group) is 2. The van der Waals surface area contributed by atoms with Gasteiger partial charge in [0.1, 0.15) is 11.7 Å². The second-order valence-electron chi connectivity index (χ2n) is 9.75. The minimum absolute atomic E-state index is 0.111. The van der Waals surface area contributed by atoms with Crippen LogP contribution in [0.1, 0.15) is 39.2 Å². The van der Waals surface area contributed by atoms with Crippen LogP contribution in [-0.4, -0.2) is 67.6 Å². The third-order valence-electron chi connectivity index (χ3n) is 5.88. The summed E-state index contributed by atoms with van der Waals surface area (Å²) < 4.78 is 0. The number of nitrogens with zero attached hydrogens (tertiary/aromatic N) is 3. The first-order chi connectivity index (χ1) is 14.1. The molecule has 2 unspecified atom stereocenters. The monoisotopic (exact) mass is 410 g/mol. The zero-order chi connectivity index (χ0) is 22.1. The van der Waals surface area contributed by atoms with Crippen LogP contribution in [-0.2, 0) is 9.59 Å². The van der Waals surface area contributed by atoms with Gasteiger partial charge in [0.25, 0.3) is 5.91 Å². The zero-order valence-electron chi connectivity index (χ0n) is 19.0. The van der Waals surface area contributed by atoms with Gasteiger partial charge < -0.3 is 15.1 Å². The molecule has 2 heterocycles. The van der Waals surface area contributed by atoms with Crippen molar-refractivity contribution in [2.45, 2.75) is 39.7 Å². The number of likely N-dealkylation sites (tertiary alicyclic amines) is 1. The average Bonchev–Trinajstić information content (AvgIpc) is 2.84. The summed E-state index contributed by atoms with van der Waals surface area (Å²) in [5.74, 6) is -0.0617. The van der Waals surface area contributed by atoms with Crippen molar-refractivity contribution in [3.05, 3.63) is 47.2 Å². The summed E-state index contributed by atoms with van der Waals surface area (Å²) in [7, 11) is 5.51. The van der Waals surface area contributed by atoms with Crippen LogP contribution in [0, 0.1) is 11.3 Å². The number of aliphatic imine (C=N–C) groups is 1. The fourth-order valence-electron chi connectivity index (χ4n) is 4.17. The third-order valence-corrected chi connectivity index (χ3v) is 5.88. The normalized spacial score (nSPS) is 20.9. The molecule has 1 aromatic carbocycles. The van der Waals surface area contributed by atoms with Crippen molar-refractivity contribution in [3.8, 4) is 0 Å². The van der Waals surface area contributed by atoms with E-state index < -0.39 is 11.5 Å². The molecule has 30 heavy (non-hydrogen) atoms. The van der Waals surface area contributed by atoms with E-state index in [1.165, 1.54) is 4.90 Å². The number of hydrogen-bond donors (Lipinski definition) is 1. The van der Waals surface area contributed by atoms with E-state index in [1.807, 2.05) is 39.0 Å². The lowest BCUT2D eigenvalue weighted by Gasteiger charge is -2.33. The summed E-state index contributed by atoms with van der Waals surface area (Å²) in [6, 6.07) is 9.49. The van der Waals surface area contributed by atoms with Gasteiger partial charge in [0, 0.05) is 26.6 Å². The average molecular weight is 411 g/mol. The molecule has 1 aromatic rings. The molecule has 0 aliphatic carbocycles. The predicted molar refractivity (Wildman–Crippen MR) is 120 cm³/mol. The molecule has 0 saturated carbocycles. The van der Waals surface area contributed by atoms with Crippen LogP contribution >= 0.6 is 0 Å². The van der Waals surface area contributed by atoms with Crippen LogP contribution < -0.4 is 5.32 Å². The summed E-state index contributed by atoms with van der Waals surface area (Å²) >= 11 is 0. The summed E-state index contributed by atoms with van der Waals surface area (Å²) in [6.07, 6.45) is 1.86. The molecule has 0 radical (unpaired) electrons. The molecule has 2 aliphatic rings. The highest BCUT2D eigenvalue weighted by Gasteiger charge is 2.37. The minimum atomic E-state index is -0.621. The largest absolute Gasteiger partial charge is 0.347 e. The van der Waals surface area contributed by atoms with E-state index in [-0.39, 0.29) is 11.8 Å². The van der Waals surface area contributed by atoms with Crippen LogP contribution in [0.5, 0.6) is 0 Å². The molecular formula is C24H34N4O2. The number of amides is 2. The van der Waals surface area contributed by atoms with Crippen molar-refractivity contribution < 1.29 is 9.59 Å². The van der Waals surface area contributed by atoms with Gasteiger partial charge in [-0.25, -0.2) is 4.99 Å². The van der Waals surface area contributed by atoms with Crippen molar-refractivity contribution in [2.24, 2.45) is 16.3 Å². The molecule has 2 aliphatic heterocycles. The summed E-state index contributed by atoms with van der Waals surface area (Å²) in [5.41, 5.74) is 3.16. The molecule has 6 heteroatoms. The van der Waals surface area contributed by atoms with E-state index in [2.05, 4.69) is 29.4 Å². The van der Waals surface area contributed by atoms with Gasteiger partial charge in [-0.05, 0) is 43.0 Å². The summed E-state index contributed by atoms with van der Waals surface area (Å²) in [4.78, 5) is 34.9. The molecule has 0 spiro atoms. The molecule has 162 valence electrons. The fraction of sp³-hybridized carbons (Fsp3) is 0.542. The van der Waals surface area contributed by atoms with Crippen LogP contribution in [0.4, 0.5) is 0 Å². The molecule has 2 bridgehead atoms.